The molecule has 152 valence electrons. The van der Waals surface area contributed by atoms with Crippen molar-refractivity contribution in [1.29, 1.82) is 0 Å². The molecule has 1 aliphatic rings. The molecular weight excluding hydrogens is 348 g/mol. The van der Waals surface area contributed by atoms with Crippen LogP contribution in [-0.2, 0) is 13.0 Å². The van der Waals surface area contributed by atoms with E-state index >= 15 is 0 Å². The number of hydrogen-bond acceptors (Lipinski definition) is 4. The molecule has 0 saturated heterocycles. The first-order valence-electron chi connectivity index (χ1n) is 10.8. The molecule has 2 heterocycles. The zero-order valence-electron chi connectivity index (χ0n) is 17.6. The molecule has 28 heavy (non-hydrogen) atoms. The number of nitrogens with zero attached hydrogens (tertiary/aromatic N) is 3. The van der Waals surface area contributed by atoms with Gasteiger partial charge in [-0.05, 0) is 45.1 Å². The molecule has 0 saturated carbocycles. The summed E-state index contributed by atoms with van der Waals surface area (Å²) in [5, 5.41) is 4.15. The zero-order chi connectivity index (χ0) is 19.9. The number of hydrogen-bond donors (Lipinski definition) is 1. The Kier molecular flexibility index (Phi) is 7.40. The smallest absolute Gasteiger partial charge is 0.252 e. The predicted molar refractivity (Wildman–Crippen MR) is 116 cm³/mol. The van der Waals surface area contributed by atoms with Crippen LogP contribution in [0.2, 0.25) is 0 Å². The standard InChI is InChI=1S/C23H34N4O/c1-4-26(5-2)15-10-9-14-24-23(28)22-18-11-7-8-12-20(18)25-21-13-16-27(6-3)17-19(21)22/h7-8,11-12H,4-6,9-10,13-17H2,1-3H3,(H,24,28). The quantitative estimate of drug-likeness (QED) is 0.675. The van der Waals surface area contributed by atoms with Crippen molar-refractivity contribution in [2.24, 2.45) is 0 Å². The Labute approximate surface area is 169 Å². The van der Waals surface area contributed by atoms with Crippen molar-refractivity contribution in [2.75, 3.05) is 39.3 Å². The molecule has 1 aromatic heterocycles. The second-order valence-electron chi connectivity index (χ2n) is 7.54. The number of aromatic nitrogens is 1. The van der Waals surface area contributed by atoms with Gasteiger partial charge in [0.15, 0.2) is 0 Å². The Morgan fingerprint density at radius 3 is 2.71 bits per heavy atom. The van der Waals surface area contributed by atoms with E-state index in [-0.39, 0.29) is 5.91 Å². The summed E-state index contributed by atoms with van der Waals surface area (Å²) in [6.07, 6.45) is 3.04. The molecule has 1 amide bonds. The molecular formula is C23H34N4O. The van der Waals surface area contributed by atoms with E-state index in [4.69, 9.17) is 4.98 Å². The average molecular weight is 383 g/mol. The summed E-state index contributed by atoms with van der Waals surface area (Å²) in [4.78, 5) is 22.8. The SMILES string of the molecule is CCN(CC)CCCCNC(=O)c1c2c(nc3ccccc13)CCN(CC)C2. The van der Waals surface area contributed by atoms with Crippen LogP contribution in [-0.4, -0.2) is 60.0 Å². The number of para-hydroxylation sites is 1. The highest BCUT2D eigenvalue weighted by atomic mass is 16.1. The van der Waals surface area contributed by atoms with Crippen LogP contribution in [0.5, 0.6) is 0 Å². The monoisotopic (exact) mass is 382 g/mol. The fourth-order valence-corrected chi connectivity index (χ4v) is 4.07. The van der Waals surface area contributed by atoms with Crippen LogP contribution in [0.3, 0.4) is 0 Å². The lowest BCUT2D eigenvalue weighted by atomic mass is 9.95. The number of nitrogens with one attached hydrogen (secondary N) is 1. The minimum absolute atomic E-state index is 0.0515. The van der Waals surface area contributed by atoms with Gasteiger partial charge in [0, 0.05) is 42.7 Å². The summed E-state index contributed by atoms with van der Waals surface area (Å²) in [5.74, 6) is 0.0515. The molecule has 2 aromatic rings. The van der Waals surface area contributed by atoms with Crippen molar-refractivity contribution in [3.63, 3.8) is 0 Å². The van der Waals surface area contributed by atoms with Gasteiger partial charge < -0.3 is 10.2 Å². The lowest BCUT2D eigenvalue weighted by Gasteiger charge is -2.29. The van der Waals surface area contributed by atoms with Gasteiger partial charge in [-0.15, -0.1) is 0 Å². The van der Waals surface area contributed by atoms with E-state index in [1.54, 1.807) is 0 Å². The first kappa shape index (κ1) is 20.7. The number of benzene rings is 1. The second-order valence-corrected chi connectivity index (χ2v) is 7.54. The highest BCUT2D eigenvalue weighted by Gasteiger charge is 2.25. The summed E-state index contributed by atoms with van der Waals surface area (Å²) < 4.78 is 0. The number of carbonyl (C=O) groups is 1. The van der Waals surface area contributed by atoms with Crippen LogP contribution in [0, 0.1) is 0 Å². The maximum Gasteiger partial charge on any atom is 0.252 e. The Balaban J connectivity index is 1.74. The van der Waals surface area contributed by atoms with Gasteiger partial charge in [-0.2, -0.15) is 0 Å². The van der Waals surface area contributed by atoms with Crippen molar-refractivity contribution >= 4 is 16.8 Å². The van der Waals surface area contributed by atoms with E-state index in [9.17, 15) is 4.79 Å². The number of fused-ring (bicyclic) bond motifs is 2. The summed E-state index contributed by atoms with van der Waals surface area (Å²) in [5.41, 5.74) is 3.97. The van der Waals surface area contributed by atoms with Crippen LogP contribution in [0.1, 0.15) is 55.2 Å². The zero-order valence-corrected chi connectivity index (χ0v) is 17.6. The van der Waals surface area contributed by atoms with Crippen molar-refractivity contribution in [3.05, 3.63) is 41.1 Å². The second kappa shape index (κ2) is 9.99. The summed E-state index contributed by atoms with van der Waals surface area (Å²) in [6.45, 7) is 13.4. The third kappa shape index (κ3) is 4.70. The van der Waals surface area contributed by atoms with E-state index < -0.39 is 0 Å². The minimum atomic E-state index is 0.0515. The fraction of sp³-hybridized carbons (Fsp3) is 0.565. The molecule has 0 fully saturated rings. The minimum Gasteiger partial charge on any atom is -0.352 e. The highest BCUT2D eigenvalue weighted by molar-refractivity contribution is 6.07. The van der Waals surface area contributed by atoms with Crippen molar-refractivity contribution in [2.45, 2.75) is 46.6 Å². The molecule has 5 heteroatoms. The van der Waals surface area contributed by atoms with Gasteiger partial charge in [0.2, 0.25) is 0 Å². The van der Waals surface area contributed by atoms with Gasteiger partial charge in [0.1, 0.15) is 0 Å². The van der Waals surface area contributed by atoms with Crippen LogP contribution < -0.4 is 5.32 Å². The predicted octanol–water partition coefficient (Wildman–Crippen LogP) is 3.46. The number of unbranched alkanes of at least 4 members (excludes halogenated alkanes) is 1. The number of rotatable bonds is 9. The van der Waals surface area contributed by atoms with E-state index in [0.717, 1.165) is 92.8 Å². The van der Waals surface area contributed by atoms with E-state index in [2.05, 4.69) is 35.9 Å². The normalized spacial score (nSPS) is 14.4. The molecule has 0 atom stereocenters. The number of pyridine rings is 1. The van der Waals surface area contributed by atoms with Crippen LogP contribution in [0.25, 0.3) is 10.9 Å². The van der Waals surface area contributed by atoms with Crippen molar-refractivity contribution in [3.8, 4) is 0 Å². The molecule has 0 radical (unpaired) electrons. The third-order valence-corrected chi connectivity index (χ3v) is 5.88. The Morgan fingerprint density at radius 1 is 1.18 bits per heavy atom. The summed E-state index contributed by atoms with van der Waals surface area (Å²) >= 11 is 0. The Morgan fingerprint density at radius 2 is 1.96 bits per heavy atom. The number of carbonyl (C=O) groups excluding carboxylic acids is 1. The molecule has 0 aliphatic carbocycles. The number of amides is 1. The van der Waals surface area contributed by atoms with E-state index in [0.29, 0.717) is 0 Å². The number of likely N-dealkylation sites (N-methyl/N-ethyl adjacent to an activating group) is 1. The van der Waals surface area contributed by atoms with E-state index in [1.807, 2.05) is 24.3 Å². The van der Waals surface area contributed by atoms with Crippen LogP contribution >= 0.6 is 0 Å². The van der Waals surface area contributed by atoms with Gasteiger partial charge in [-0.25, -0.2) is 0 Å². The Hall–Kier alpha value is -1.98. The largest absolute Gasteiger partial charge is 0.352 e. The average Bonchev–Trinajstić information content (AvgIpc) is 2.74. The van der Waals surface area contributed by atoms with E-state index in [1.165, 1.54) is 0 Å². The first-order chi connectivity index (χ1) is 13.7. The molecule has 1 N–H and O–H groups in total. The highest BCUT2D eigenvalue weighted by Crippen LogP contribution is 2.28. The maximum atomic E-state index is 13.2. The van der Waals surface area contributed by atoms with Crippen molar-refractivity contribution in [1.82, 2.24) is 20.1 Å². The Bertz CT molecular complexity index is 801. The molecule has 5 nitrogen and oxygen atoms in total. The molecule has 0 bridgehead atoms. The molecule has 1 aliphatic heterocycles. The maximum absolute atomic E-state index is 13.2. The molecule has 0 unspecified atom stereocenters. The van der Waals surface area contributed by atoms with Gasteiger partial charge >= 0.3 is 0 Å². The summed E-state index contributed by atoms with van der Waals surface area (Å²) in [6, 6.07) is 8.04. The van der Waals surface area contributed by atoms with Gasteiger partial charge in [0.05, 0.1) is 11.1 Å². The molecule has 0 spiro atoms. The third-order valence-electron chi connectivity index (χ3n) is 5.88. The summed E-state index contributed by atoms with van der Waals surface area (Å²) in [7, 11) is 0. The lowest BCUT2D eigenvalue weighted by Crippen LogP contribution is -2.34. The molecule has 3 rings (SSSR count). The topological polar surface area (TPSA) is 48.5 Å². The first-order valence-corrected chi connectivity index (χ1v) is 10.8. The van der Waals surface area contributed by atoms with Gasteiger partial charge in [-0.3, -0.25) is 14.7 Å². The lowest BCUT2D eigenvalue weighted by molar-refractivity contribution is 0.0951. The molecule has 1 aromatic carbocycles. The van der Waals surface area contributed by atoms with Crippen molar-refractivity contribution < 1.29 is 4.79 Å². The van der Waals surface area contributed by atoms with Crippen LogP contribution in [0.4, 0.5) is 0 Å². The fourth-order valence-electron chi connectivity index (χ4n) is 4.07. The van der Waals surface area contributed by atoms with Crippen LogP contribution in [0.15, 0.2) is 24.3 Å². The van der Waals surface area contributed by atoms with Gasteiger partial charge in [-0.1, -0.05) is 39.0 Å². The van der Waals surface area contributed by atoms with Gasteiger partial charge in [0.25, 0.3) is 5.91 Å².